The van der Waals surface area contributed by atoms with E-state index in [4.69, 9.17) is 0 Å². The monoisotopic (exact) mass is 218 g/mol. The molecule has 0 unspecified atom stereocenters. The number of aldehydes is 1. The smallest absolute Gasteiger partial charge is 0.119 e. The van der Waals surface area contributed by atoms with Gasteiger partial charge in [-0.25, -0.2) is 0 Å². The summed E-state index contributed by atoms with van der Waals surface area (Å²) in [5.41, 5.74) is 1.52. The number of carbonyl (C=O) groups excluding carboxylic acids is 1. The Morgan fingerprint density at radius 3 is 2.25 bits per heavy atom. The molecule has 0 bridgehead atoms. The molecule has 0 atom stereocenters. The molecule has 0 aliphatic heterocycles. The molecule has 0 N–H and O–H groups in total. The fourth-order valence-electron chi connectivity index (χ4n) is 2.16. The lowest BCUT2D eigenvalue weighted by Crippen LogP contribution is -1.97. The zero-order chi connectivity index (χ0) is 11.6. The molecule has 0 heterocycles. The molecule has 2 rings (SSSR count). The second-order valence-electron chi connectivity index (χ2n) is 4.42. The van der Waals surface area contributed by atoms with Gasteiger partial charge in [0, 0.05) is 6.42 Å². The maximum atomic E-state index is 9.17. The lowest BCUT2D eigenvalue weighted by atomic mass is 9.98. The van der Waals surface area contributed by atoms with Crippen molar-refractivity contribution in [3.63, 3.8) is 0 Å². The van der Waals surface area contributed by atoms with E-state index in [0.29, 0.717) is 6.42 Å². The molecule has 1 aromatic rings. The molecule has 0 spiro atoms. The fraction of sp³-hybridized carbons (Fsp3) is 0.533. The van der Waals surface area contributed by atoms with Crippen LogP contribution in [0.15, 0.2) is 30.3 Å². The lowest BCUT2D eigenvalue weighted by Gasteiger charge is -2.07. The van der Waals surface area contributed by atoms with Gasteiger partial charge in [0.05, 0.1) is 0 Å². The highest BCUT2D eigenvalue weighted by Gasteiger charge is 2.14. The molecule has 0 aromatic heterocycles. The van der Waals surface area contributed by atoms with Gasteiger partial charge in [0.1, 0.15) is 6.29 Å². The first-order valence-electron chi connectivity index (χ1n) is 6.34. The first-order chi connectivity index (χ1) is 7.86. The van der Waals surface area contributed by atoms with Crippen molar-refractivity contribution in [1.29, 1.82) is 0 Å². The second kappa shape index (κ2) is 8.09. The van der Waals surface area contributed by atoms with Crippen molar-refractivity contribution in [2.24, 2.45) is 5.92 Å². The van der Waals surface area contributed by atoms with Crippen LogP contribution >= 0.6 is 0 Å². The zero-order valence-corrected chi connectivity index (χ0v) is 10.2. The highest BCUT2D eigenvalue weighted by molar-refractivity contribution is 5.48. The average molecular weight is 218 g/mol. The number of benzene rings is 1. The Morgan fingerprint density at radius 2 is 1.75 bits per heavy atom. The minimum atomic E-state index is 0.639. The van der Waals surface area contributed by atoms with Crippen LogP contribution in [0, 0.1) is 5.92 Å². The largest absolute Gasteiger partial charge is 0.303 e. The molecule has 0 radical (unpaired) electrons. The summed E-state index contributed by atoms with van der Waals surface area (Å²) in [6.45, 7) is 1.81. The van der Waals surface area contributed by atoms with E-state index in [1.807, 2.05) is 6.92 Å². The molecular formula is C15H22O. The summed E-state index contributed by atoms with van der Waals surface area (Å²) in [6, 6.07) is 10.9. The highest BCUT2D eigenvalue weighted by atomic mass is 16.1. The SMILES string of the molecule is CCC=O.c1ccc(CC2CCCC2)cc1. The number of hydrogen-bond acceptors (Lipinski definition) is 1. The summed E-state index contributed by atoms with van der Waals surface area (Å²) in [6.07, 6.45) is 8.64. The molecule has 1 saturated carbocycles. The van der Waals surface area contributed by atoms with Crippen molar-refractivity contribution in [1.82, 2.24) is 0 Å². The number of rotatable bonds is 3. The standard InChI is InChI=1S/C12H16.C3H6O/c1-2-6-11(7-3-1)10-12-8-4-5-9-12;1-2-3-4/h1-3,6-7,12H,4-5,8-10H2;3H,2H2,1H3. The molecule has 1 aromatic carbocycles. The maximum Gasteiger partial charge on any atom is 0.119 e. The summed E-state index contributed by atoms with van der Waals surface area (Å²) in [5, 5.41) is 0. The Balaban J connectivity index is 0.000000280. The molecule has 1 fully saturated rings. The first-order valence-corrected chi connectivity index (χ1v) is 6.34. The van der Waals surface area contributed by atoms with Gasteiger partial charge < -0.3 is 4.79 Å². The lowest BCUT2D eigenvalue weighted by molar-refractivity contribution is -0.107. The Kier molecular flexibility index (Phi) is 6.55. The summed E-state index contributed by atoms with van der Waals surface area (Å²) in [5.74, 6) is 0.979. The molecule has 1 nitrogen and oxygen atoms in total. The van der Waals surface area contributed by atoms with E-state index in [1.54, 1.807) is 0 Å². The molecular weight excluding hydrogens is 196 g/mol. The van der Waals surface area contributed by atoms with Gasteiger partial charge in [-0.1, -0.05) is 62.9 Å². The van der Waals surface area contributed by atoms with E-state index in [0.717, 1.165) is 12.2 Å². The topological polar surface area (TPSA) is 17.1 Å². The van der Waals surface area contributed by atoms with Crippen molar-refractivity contribution in [2.45, 2.75) is 45.4 Å². The summed E-state index contributed by atoms with van der Waals surface area (Å²) < 4.78 is 0. The minimum absolute atomic E-state index is 0.639. The summed E-state index contributed by atoms with van der Waals surface area (Å²) in [4.78, 5) is 9.17. The van der Waals surface area contributed by atoms with Gasteiger partial charge >= 0.3 is 0 Å². The van der Waals surface area contributed by atoms with Crippen molar-refractivity contribution in [2.75, 3.05) is 0 Å². The van der Waals surface area contributed by atoms with Gasteiger partial charge in [0.25, 0.3) is 0 Å². The van der Waals surface area contributed by atoms with Gasteiger partial charge in [-0.3, -0.25) is 0 Å². The van der Waals surface area contributed by atoms with E-state index in [-0.39, 0.29) is 0 Å². The van der Waals surface area contributed by atoms with Crippen molar-refractivity contribution in [3.05, 3.63) is 35.9 Å². The molecule has 1 heteroatoms. The Bertz CT molecular complexity index is 273. The second-order valence-corrected chi connectivity index (χ2v) is 4.42. The highest BCUT2D eigenvalue weighted by Crippen LogP contribution is 2.27. The normalized spacial score (nSPS) is 15.3. The third-order valence-corrected chi connectivity index (χ3v) is 3.01. The maximum absolute atomic E-state index is 9.17. The quantitative estimate of drug-likeness (QED) is 0.700. The molecule has 0 amide bonds. The van der Waals surface area contributed by atoms with Crippen LogP contribution in [0.2, 0.25) is 0 Å². The van der Waals surface area contributed by atoms with E-state index in [9.17, 15) is 4.79 Å². The van der Waals surface area contributed by atoms with Gasteiger partial charge in [0.2, 0.25) is 0 Å². The van der Waals surface area contributed by atoms with Crippen LogP contribution in [0.1, 0.15) is 44.6 Å². The average Bonchev–Trinajstić information content (AvgIpc) is 2.84. The molecule has 88 valence electrons. The van der Waals surface area contributed by atoms with Crippen LogP contribution in [0.25, 0.3) is 0 Å². The zero-order valence-electron chi connectivity index (χ0n) is 10.2. The summed E-state index contributed by atoms with van der Waals surface area (Å²) >= 11 is 0. The Hall–Kier alpha value is -1.11. The van der Waals surface area contributed by atoms with Gasteiger partial charge in [-0.2, -0.15) is 0 Å². The third-order valence-electron chi connectivity index (χ3n) is 3.01. The molecule has 1 aliphatic rings. The molecule has 0 saturated heterocycles. The van der Waals surface area contributed by atoms with Gasteiger partial charge in [0.15, 0.2) is 0 Å². The van der Waals surface area contributed by atoms with E-state index in [2.05, 4.69) is 30.3 Å². The Morgan fingerprint density at radius 1 is 1.19 bits per heavy atom. The van der Waals surface area contributed by atoms with Crippen LogP contribution in [-0.2, 0) is 11.2 Å². The van der Waals surface area contributed by atoms with E-state index in [1.165, 1.54) is 37.7 Å². The van der Waals surface area contributed by atoms with Crippen molar-refractivity contribution >= 4 is 6.29 Å². The Labute approximate surface area is 98.9 Å². The number of hydrogen-bond donors (Lipinski definition) is 0. The van der Waals surface area contributed by atoms with E-state index >= 15 is 0 Å². The predicted octanol–water partition coefficient (Wildman–Crippen LogP) is 4.01. The third kappa shape index (κ3) is 5.11. The fourth-order valence-corrected chi connectivity index (χ4v) is 2.16. The first kappa shape index (κ1) is 13.0. The molecule has 16 heavy (non-hydrogen) atoms. The van der Waals surface area contributed by atoms with E-state index < -0.39 is 0 Å². The van der Waals surface area contributed by atoms with Crippen LogP contribution in [-0.4, -0.2) is 6.29 Å². The minimum Gasteiger partial charge on any atom is -0.303 e. The van der Waals surface area contributed by atoms with Gasteiger partial charge in [-0.15, -0.1) is 0 Å². The summed E-state index contributed by atoms with van der Waals surface area (Å²) in [7, 11) is 0. The van der Waals surface area contributed by atoms with Crippen molar-refractivity contribution in [3.8, 4) is 0 Å². The van der Waals surface area contributed by atoms with Crippen molar-refractivity contribution < 1.29 is 4.79 Å². The van der Waals surface area contributed by atoms with Gasteiger partial charge in [-0.05, 0) is 17.9 Å². The van der Waals surface area contributed by atoms with Crippen LogP contribution in [0.4, 0.5) is 0 Å². The van der Waals surface area contributed by atoms with Crippen LogP contribution in [0.3, 0.4) is 0 Å². The predicted molar refractivity (Wildman–Crippen MR) is 68.5 cm³/mol. The van der Waals surface area contributed by atoms with Crippen LogP contribution < -0.4 is 0 Å². The number of carbonyl (C=O) groups is 1. The van der Waals surface area contributed by atoms with Crippen LogP contribution in [0.5, 0.6) is 0 Å². The molecule has 1 aliphatic carbocycles.